The van der Waals surface area contributed by atoms with Crippen molar-refractivity contribution in [2.45, 2.75) is 11.3 Å². The Balaban J connectivity index is 2.04. The molecule has 0 atom stereocenters. The molecule has 0 aliphatic heterocycles. The zero-order valence-electron chi connectivity index (χ0n) is 14.0. The van der Waals surface area contributed by atoms with Gasteiger partial charge >= 0.3 is 5.97 Å². The van der Waals surface area contributed by atoms with Gasteiger partial charge in [-0.2, -0.15) is 12.8 Å². The molecular weight excluding hydrogens is 386 g/mol. The van der Waals surface area contributed by atoms with Crippen LogP contribution < -0.4 is 0 Å². The summed E-state index contributed by atoms with van der Waals surface area (Å²) in [6.45, 7) is 0. The molecule has 27 heavy (non-hydrogen) atoms. The monoisotopic (exact) mass is 401 g/mol. The number of sulfonamides is 1. The third-order valence-electron chi connectivity index (χ3n) is 3.77. The molecule has 2 aromatic carbocycles. The van der Waals surface area contributed by atoms with Crippen LogP contribution in [0.25, 0.3) is 0 Å². The zero-order valence-corrected chi connectivity index (χ0v) is 15.7. The Morgan fingerprint density at radius 1 is 1.00 bits per heavy atom. The number of fused-ring (bicyclic) bond motifs is 1. The van der Waals surface area contributed by atoms with Crippen molar-refractivity contribution in [3.05, 3.63) is 76.7 Å². The first kappa shape index (κ1) is 19.1. The number of nitrogens with zero attached hydrogens (tertiary/aromatic N) is 1. The molecular formula is C19H15NO5S2. The molecule has 3 rings (SSSR count). The summed E-state index contributed by atoms with van der Waals surface area (Å²) in [5, 5.41) is 8.78. The van der Waals surface area contributed by atoms with E-state index in [-0.39, 0.29) is 33.5 Å². The molecule has 0 saturated heterocycles. The van der Waals surface area contributed by atoms with Crippen LogP contribution in [0.5, 0.6) is 0 Å². The zero-order chi connectivity index (χ0) is 19.4. The second-order valence-electron chi connectivity index (χ2n) is 5.64. The van der Waals surface area contributed by atoms with E-state index in [4.69, 9.17) is 5.11 Å². The second kappa shape index (κ2) is 7.89. The lowest BCUT2D eigenvalue weighted by Gasteiger charge is -2.17. The SMILES string of the molecule is O=C(O)CCSC1=C/C(=N\S(=O)(=O)c2ccccc2)c2ccccc2C1=O. The van der Waals surface area contributed by atoms with Crippen molar-refractivity contribution < 1.29 is 23.1 Å². The predicted octanol–water partition coefficient (Wildman–Crippen LogP) is 3.15. The van der Waals surface area contributed by atoms with E-state index < -0.39 is 16.0 Å². The van der Waals surface area contributed by atoms with E-state index in [0.29, 0.717) is 11.1 Å². The Bertz CT molecular complexity index is 1060. The number of hydrogen-bond donors (Lipinski definition) is 1. The predicted molar refractivity (Wildman–Crippen MR) is 104 cm³/mol. The molecule has 0 heterocycles. The summed E-state index contributed by atoms with van der Waals surface area (Å²) in [5.41, 5.74) is 0.941. The Hall–Kier alpha value is -2.71. The maximum atomic E-state index is 12.6. The highest BCUT2D eigenvalue weighted by molar-refractivity contribution is 8.04. The average Bonchev–Trinajstić information content (AvgIpc) is 2.65. The smallest absolute Gasteiger partial charge is 0.304 e. The van der Waals surface area contributed by atoms with Gasteiger partial charge in [-0.15, -0.1) is 11.8 Å². The molecule has 8 heteroatoms. The third-order valence-corrected chi connectivity index (χ3v) is 6.10. The van der Waals surface area contributed by atoms with Gasteiger partial charge in [0.2, 0.25) is 0 Å². The number of benzene rings is 2. The summed E-state index contributed by atoms with van der Waals surface area (Å²) >= 11 is 1.08. The first-order chi connectivity index (χ1) is 12.9. The van der Waals surface area contributed by atoms with Gasteiger partial charge in [-0.25, -0.2) is 0 Å². The largest absolute Gasteiger partial charge is 0.481 e. The van der Waals surface area contributed by atoms with Gasteiger partial charge in [0.05, 0.1) is 21.9 Å². The van der Waals surface area contributed by atoms with Gasteiger partial charge in [0.15, 0.2) is 5.78 Å². The lowest BCUT2D eigenvalue weighted by atomic mass is 9.94. The van der Waals surface area contributed by atoms with Crippen LogP contribution >= 0.6 is 11.8 Å². The topological polar surface area (TPSA) is 101 Å². The van der Waals surface area contributed by atoms with Crippen molar-refractivity contribution in [2.24, 2.45) is 4.40 Å². The molecule has 0 radical (unpaired) electrons. The van der Waals surface area contributed by atoms with Crippen LogP contribution in [-0.4, -0.2) is 36.7 Å². The van der Waals surface area contributed by atoms with Crippen LogP contribution in [0.15, 0.2) is 74.9 Å². The lowest BCUT2D eigenvalue weighted by Crippen LogP contribution is -2.18. The van der Waals surface area contributed by atoms with Gasteiger partial charge in [0.25, 0.3) is 10.0 Å². The Kier molecular flexibility index (Phi) is 5.57. The number of carboxylic acids is 1. The van der Waals surface area contributed by atoms with Crippen LogP contribution in [0.3, 0.4) is 0 Å². The summed E-state index contributed by atoms with van der Waals surface area (Å²) < 4.78 is 29.2. The Morgan fingerprint density at radius 2 is 1.63 bits per heavy atom. The van der Waals surface area contributed by atoms with Crippen LogP contribution in [0.4, 0.5) is 0 Å². The van der Waals surface area contributed by atoms with Gasteiger partial charge in [0, 0.05) is 16.9 Å². The standard InChI is InChI=1S/C19H15NO5S2/c21-18(22)10-11-26-17-12-16(14-8-4-5-9-15(14)19(17)23)20-27(24,25)13-6-2-1-3-7-13/h1-9,12H,10-11H2,(H,21,22)/b20-16+. The van der Waals surface area contributed by atoms with E-state index in [1.807, 2.05) is 0 Å². The molecule has 0 bridgehead atoms. The van der Waals surface area contributed by atoms with E-state index in [9.17, 15) is 18.0 Å². The molecule has 138 valence electrons. The van der Waals surface area contributed by atoms with Gasteiger partial charge in [-0.05, 0) is 18.2 Å². The summed E-state index contributed by atoms with van der Waals surface area (Å²) in [4.78, 5) is 23.7. The fourth-order valence-corrected chi connectivity index (χ4v) is 4.46. The Morgan fingerprint density at radius 3 is 2.30 bits per heavy atom. The highest BCUT2D eigenvalue weighted by atomic mass is 32.2. The fourth-order valence-electron chi connectivity index (χ4n) is 2.51. The second-order valence-corrected chi connectivity index (χ2v) is 8.38. The van der Waals surface area contributed by atoms with Crippen molar-refractivity contribution >= 4 is 39.2 Å². The van der Waals surface area contributed by atoms with Crippen molar-refractivity contribution in [3.8, 4) is 0 Å². The van der Waals surface area contributed by atoms with Crippen LogP contribution in [0.2, 0.25) is 0 Å². The van der Waals surface area contributed by atoms with Gasteiger partial charge in [0.1, 0.15) is 0 Å². The number of ketones is 1. The number of carboxylic acid groups (broad SMARTS) is 1. The number of aliphatic carboxylic acids is 1. The summed E-state index contributed by atoms with van der Waals surface area (Å²) in [7, 11) is -3.95. The van der Waals surface area contributed by atoms with E-state index in [0.717, 1.165) is 11.8 Å². The number of thioether (sulfide) groups is 1. The quantitative estimate of drug-likeness (QED) is 0.798. The van der Waals surface area contributed by atoms with Gasteiger partial charge in [-0.3, -0.25) is 9.59 Å². The maximum Gasteiger partial charge on any atom is 0.304 e. The minimum atomic E-state index is -3.95. The molecule has 0 unspecified atom stereocenters. The van der Waals surface area contributed by atoms with E-state index in [1.165, 1.54) is 18.2 Å². The molecule has 0 aromatic heterocycles. The van der Waals surface area contributed by atoms with Crippen LogP contribution in [-0.2, 0) is 14.8 Å². The first-order valence-corrected chi connectivity index (χ1v) is 10.4. The van der Waals surface area contributed by atoms with E-state index >= 15 is 0 Å². The summed E-state index contributed by atoms with van der Waals surface area (Å²) in [6.07, 6.45) is 1.31. The fraction of sp³-hybridized carbons (Fsp3) is 0.105. The lowest BCUT2D eigenvalue weighted by molar-refractivity contribution is -0.136. The number of rotatable bonds is 6. The van der Waals surface area contributed by atoms with Crippen molar-refractivity contribution in [1.82, 2.24) is 0 Å². The number of hydrogen-bond acceptors (Lipinski definition) is 5. The number of Topliss-reactive ketones (excluding diaryl/α,β-unsaturated/α-hetero) is 1. The van der Waals surface area contributed by atoms with E-state index in [1.54, 1.807) is 42.5 Å². The molecule has 6 nitrogen and oxygen atoms in total. The molecule has 1 aliphatic carbocycles. The Labute approximate surface area is 160 Å². The highest BCUT2D eigenvalue weighted by Gasteiger charge is 2.26. The minimum absolute atomic E-state index is 0.0559. The molecule has 0 saturated carbocycles. The summed E-state index contributed by atoms with van der Waals surface area (Å²) in [5.74, 6) is -1.03. The van der Waals surface area contributed by atoms with Crippen molar-refractivity contribution in [3.63, 3.8) is 0 Å². The van der Waals surface area contributed by atoms with Gasteiger partial charge in [-0.1, -0.05) is 42.5 Å². The van der Waals surface area contributed by atoms with Crippen molar-refractivity contribution in [2.75, 3.05) is 5.75 Å². The third kappa shape index (κ3) is 4.35. The van der Waals surface area contributed by atoms with Gasteiger partial charge < -0.3 is 5.11 Å². The number of carbonyl (C=O) groups excluding carboxylic acids is 1. The normalized spacial score (nSPS) is 15.3. The van der Waals surface area contributed by atoms with Crippen LogP contribution in [0.1, 0.15) is 22.3 Å². The molecule has 2 aromatic rings. The number of allylic oxidation sites excluding steroid dienone is 2. The average molecular weight is 401 g/mol. The molecule has 0 amide bonds. The first-order valence-electron chi connectivity index (χ1n) is 7.99. The molecule has 0 spiro atoms. The summed E-state index contributed by atoms with van der Waals surface area (Å²) in [6, 6.07) is 14.4. The van der Waals surface area contributed by atoms with Crippen molar-refractivity contribution in [1.29, 1.82) is 0 Å². The van der Waals surface area contributed by atoms with Crippen LogP contribution in [0, 0.1) is 0 Å². The van der Waals surface area contributed by atoms with E-state index in [2.05, 4.69) is 4.40 Å². The molecule has 1 aliphatic rings. The maximum absolute atomic E-state index is 12.6. The highest BCUT2D eigenvalue weighted by Crippen LogP contribution is 2.30. The minimum Gasteiger partial charge on any atom is -0.481 e. The number of carbonyl (C=O) groups is 2. The molecule has 1 N–H and O–H groups in total. The molecule has 0 fully saturated rings.